The van der Waals surface area contributed by atoms with Crippen molar-refractivity contribution in [2.24, 2.45) is 11.8 Å². The molecule has 0 spiro atoms. The monoisotopic (exact) mass is 263 g/mol. The lowest BCUT2D eigenvalue weighted by Gasteiger charge is -2.21. The topological polar surface area (TPSA) is 46.9 Å². The highest BCUT2D eigenvalue weighted by Gasteiger charge is 2.15. The van der Waals surface area contributed by atoms with Crippen LogP contribution in [0.3, 0.4) is 0 Å². The summed E-state index contributed by atoms with van der Waals surface area (Å²) in [5.41, 5.74) is 0.845. The average molecular weight is 263 g/mol. The van der Waals surface area contributed by atoms with Crippen molar-refractivity contribution in [3.63, 3.8) is 0 Å². The molecule has 0 aromatic carbocycles. The number of rotatable bonds is 5. The molecule has 0 atom stereocenters. The van der Waals surface area contributed by atoms with Gasteiger partial charge >= 0.3 is 0 Å². The maximum absolute atomic E-state index is 12.0. The second kappa shape index (κ2) is 6.73. The van der Waals surface area contributed by atoms with Gasteiger partial charge in [-0.25, -0.2) is 4.68 Å². The smallest absolute Gasteiger partial charge is 0.268 e. The molecule has 1 N–H and O–H groups in total. The molecule has 1 fully saturated rings. The summed E-state index contributed by atoms with van der Waals surface area (Å²) in [6.07, 6.45) is 8.19. The number of nitrogens with zero attached hydrogens (tertiary/aromatic N) is 2. The summed E-state index contributed by atoms with van der Waals surface area (Å²) in [5, 5.41) is 7.53. The first-order chi connectivity index (χ1) is 9.15. The molecule has 0 unspecified atom stereocenters. The van der Waals surface area contributed by atoms with Gasteiger partial charge in [0, 0.05) is 19.2 Å². The molecule has 2 rings (SSSR count). The van der Waals surface area contributed by atoms with Gasteiger partial charge in [-0.15, -0.1) is 0 Å². The van der Waals surface area contributed by atoms with E-state index >= 15 is 0 Å². The zero-order valence-corrected chi connectivity index (χ0v) is 12.1. The number of hydrogen-bond donors (Lipinski definition) is 1. The van der Waals surface area contributed by atoms with Crippen molar-refractivity contribution in [3.05, 3.63) is 22.6 Å². The first-order valence-electron chi connectivity index (χ1n) is 7.46. The lowest BCUT2D eigenvalue weighted by Crippen LogP contribution is -2.27. The Morgan fingerprint density at radius 1 is 1.37 bits per heavy atom. The van der Waals surface area contributed by atoms with Crippen LogP contribution in [0.4, 0.5) is 5.69 Å². The standard InChI is InChI=1S/C15H25N3O/c1-12(2)9-16-14-8-15(19)18(17-10-14)11-13-6-4-3-5-7-13/h8,10,12-13,16H,3-7,9,11H2,1-2H3. The zero-order chi connectivity index (χ0) is 13.7. The molecule has 0 bridgehead atoms. The fourth-order valence-corrected chi connectivity index (χ4v) is 2.60. The highest BCUT2D eigenvalue weighted by atomic mass is 16.1. The Morgan fingerprint density at radius 2 is 2.11 bits per heavy atom. The van der Waals surface area contributed by atoms with Gasteiger partial charge in [0.15, 0.2) is 0 Å². The largest absolute Gasteiger partial charge is 0.383 e. The van der Waals surface area contributed by atoms with Crippen molar-refractivity contribution in [3.8, 4) is 0 Å². The zero-order valence-electron chi connectivity index (χ0n) is 12.1. The lowest BCUT2D eigenvalue weighted by molar-refractivity contribution is 0.302. The summed E-state index contributed by atoms with van der Waals surface area (Å²) in [4.78, 5) is 12.0. The Hall–Kier alpha value is -1.32. The van der Waals surface area contributed by atoms with Crippen LogP contribution in [0.5, 0.6) is 0 Å². The molecule has 4 nitrogen and oxygen atoms in total. The minimum atomic E-state index is 0.0133. The first kappa shape index (κ1) is 14.1. The van der Waals surface area contributed by atoms with E-state index in [0.29, 0.717) is 11.8 Å². The van der Waals surface area contributed by atoms with Crippen molar-refractivity contribution in [2.75, 3.05) is 11.9 Å². The molecule has 1 aromatic rings. The highest BCUT2D eigenvalue weighted by molar-refractivity contribution is 5.38. The Labute approximate surface area is 115 Å². The summed E-state index contributed by atoms with van der Waals surface area (Å²) in [7, 11) is 0. The van der Waals surface area contributed by atoms with E-state index in [0.717, 1.165) is 18.8 Å². The summed E-state index contributed by atoms with van der Waals surface area (Å²) in [6, 6.07) is 1.66. The Bertz CT molecular complexity index is 447. The van der Waals surface area contributed by atoms with E-state index in [9.17, 15) is 4.79 Å². The number of nitrogens with one attached hydrogen (secondary N) is 1. The Kier molecular flexibility index (Phi) is 5.00. The first-order valence-corrected chi connectivity index (χ1v) is 7.46. The van der Waals surface area contributed by atoms with E-state index in [-0.39, 0.29) is 5.56 Å². The van der Waals surface area contributed by atoms with Crippen molar-refractivity contribution in [1.82, 2.24) is 9.78 Å². The predicted octanol–water partition coefficient (Wildman–Crippen LogP) is 2.89. The van der Waals surface area contributed by atoms with Gasteiger partial charge in [-0.2, -0.15) is 5.10 Å². The normalized spacial score (nSPS) is 16.8. The Balaban J connectivity index is 1.96. The Morgan fingerprint density at radius 3 is 2.74 bits per heavy atom. The summed E-state index contributed by atoms with van der Waals surface area (Å²) in [6.45, 7) is 5.94. The van der Waals surface area contributed by atoms with E-state index in [1.54, 1.807) is 16.9 Å². The van der Waals surface area contributed by atoms with Crippen LogP contribution < -0.4 is 10.9 Å². The quantitative estimate of drug-likeness (QED) is 0.888. The summed E-state index contributed by atoms with van der Waals surface area (Å²) in [5.74, 6) is 1.19. The van der Waals surface area contributed by atoms with Gasteiger partial charge < -0.3 is 5.32 Å². The molecule has 0 radical (unpaired) electrons. The molecule has 0 saturated heterocycles. The van der Waals surface area contributed by atoms with Crippen LogP contribution in [0.25, 0.3) is 0 Å². The molecule has 106 valence electrons. The van der Waals surface area contributed by atoms with E-state index in [1.165, 1.54) is 32.1 Å². The van der Waals surface area contributed by atoms with Crippen LogP contribution in [-0.4, -0.2) is 16.3 Å². The molecular formula is C15H25N3O. The van der Waals surface area contributed by atoms with Crippen LogP contribution in [0.1, 0.15) is 46.0 Å². The maximum Gasteiger partial charge on any atom is 0.268 e. The van der Waals surface area contributed by atoms with Gasteiger partial charge in [-0.3, -0.25) is 4.79 Å². The SMILES string of the molecule is CC(C)CNc1cnn(CC2CCCCC2)c(=O)c1. The van der Waals surface area contributed by atoms with Gasteiger partial charge in [0.2, 0.25) is 0 Å². The highest BCUT2D eigenvalue weighted by Crippen LogP contribution is 2.24. The molecular weight excluding hydrogens is 238 g/mol. The maximum atomic E-state index is 12.0. The van der Waals surface area contributed by atoms with Crippen LogP contribution in [0, 0.1) is 11.8 Å². The van der Waals surface area contributed by atoms with Crippen molar-refractivity contribution in [2.45, 2.75) is 52.5 Å². The molecule has 19 heavy (non-hydrogen) atoms. The van der Waals surface area contributed by atoms with Gasteiger partial charge in [-0.05, 0) is 24.7 Å². The van der Waals surface area contributed by atoms with Gasteiger partial charge in [-0.1, -0.05) is 33.1 Å². The fourth-order valence-electron chi connectivity index (χ4n) is 2.60. The second-order valence-corrected chi connectivity index (χ2v) is 6.04. The molecule has 1 aliphatic carbocycles. The third kappa shape index (κ3) is 4.37. The predicted molar refractivity (Wildman–Crippen MR) is 78.4 cm³/mol. The van der Waals surface area contributed by atoms with E-state index in [4.69, 9.17) is 0 Å². The summed E-state index contributed by atoms with van der Waals surface area (Å²) < 4.78 is 1.62. The van der Waals surface area contributed by atoms with Crippen molar-refractivity contribution in [1.29, 1.82) is 0 Å². The van der Waals surface area contributed by atoms with E-state index in [2.05, 4.69) is 24.3 Å². The number of hydrogen-bond acceptors (Lipinski definition) is 3. The molecule has 1 heterocycles. The molecule has 1 saturated carbocycles. The molecule has 1 aliphatic rings. The minimum absolute atomic E-state index is 0.0133. The van der Waals surface area contributed by atoms with E-state index in [1.807, 2.05) is 0 Å². The third-order valence-corrected chi connectivity index (χ3v) is 3.74. The molecule has 4 heteroatoms. The number of aromatic nitrogens is 2. The fraction of sp³-hybridized carbons (Fsp3) is 0.733. The number of anilines is 1. The summed E-state index contributed by atoms with van der Waals surface area (Å²) >= 11 is 0. The van der Waals surface area contributed by atoms with Crippen LogP contribution in [0.15, 0.2) is 17.1 Å². The van der Waals surface area contributed by atoms with Gasteiger partial charge in [0.1, 0.15) is 0 Å². The molecule has 0 aliphatic heterocycles. The lowest BCUT2D eigenvalue weighted by atomic mass is 9.89. The van der Waals surface area contributed by atoms with E-state index < -0.39 is 0 Å². The van der Waals surface area contributed by atoms with Crippen LogP contribution in [0.2, 0.25) is 0 Å². The minimum Gasteiger partial charge on any atom is -0.383 e. The third-order valence-electron chi connectivity index (χ3n) is 3.74. The average Bonchev–Trinajstić information content (AvgIpc) is 2.40. The van der Waals surface area contributed by atoms with Crippen LogP contribution in [-0.2, 0) is 6.54 Å². The van der Waals surface area contributed by atoms with Crippen molar-refractivity contribution >= 4 is 5.69 Å². The molecule has 0 amide bonds. The molecule has 1 aromatic heterocycles. The van der Waals surface area contributed by atoms with Gasteiger partial charge in [0.05, 0.1) is 11.9 Å². The van der Waals surface area contributed by atoms with Crippen molar-refractivity contribution < 1.29 is 0 Å². The second-order valence-electron chi connectivity index (χ2n) is 6.04. The van der Waals surface area contributed by atoms with Gasteiger partial charge in [0.25, 0.3) is 5.56 Å². The van der Waals surface area contributed by atoms with Crippen LogP contribution >= 0.6 is 0 Å².